The molecule has 0 unspecified atom stereocenters. The van der Waals surface area contributed by atoms with Crippen LogP contribution in [0.3, 0.4) is 0 Å². The number of ether oxygens (including phenoxy) is 3. The summed E-state index contributed by atoms with van der Waals surface area (Å²) in [5.41, 5.74) is 0.863. The largest absolute Gasteiger partial charge is 0.481 e. The smallest absolute Gasteiger partial charge is 0.344 e. The van der Waals surface area contributed by atoms with Gasteiger partial charge in [0.2, 0.25) is 0 Å². The topological polar surface area (TPSA) is 75.0 Å². The molecule has 1 aromatic carbocycles. The highest BCUT2D eigenvalue weighted by Gasteiger charge is 2.21. The molecule has 0 atom stereocenters. The maximum absolute atomic E-state index is 12.1. The molecule has 2 aromatic rings. The van der Waals surface area contributed by atoms with Gasteiger partial charge in [0.1, 0.15) is 29.3 Å². The van der Waals surface area contributed by atoms with Crippen LogP contribution in [0.2, 0.25) is 0 Å². The third kappa shape index (κ3) is 3.97. The van der Waals surface area contributed by atoms with Crippen LogP contribution < -0.4 is 4.74 Å². The molecule has 0 aliphatic heterocycles. The summed E-state index contributed by atoms with van der Waals surface area (Å²) in [6, 6.07) is 3.30. The summed E-state index contributed by atoms with van der Waals surface area (Å²) in [5, 5.41) is 0.559. The summed E-state index contributed by atoms with van der Waals surface area (Å²) < 4.78 is 21.5. The number of fused-ring (bicyclic) bond motifs is 1. The maximum Gasteiger partial charge on any atom is 0.344 e. The molecule has 24 heavy (non-hydrogen) atoms. The molecule has 0 amide bonds. The number of benzene rings is 1. The second kappa shape index (κ2) is 8.01. The first-order valence-electron chi connectivity index (χ1n) is 7.27. The molecule has 0 saturated carbocycles. The minimum absolute atomic E-state index is 0.121. The highest BCUT2D eigenvalue weighted by Crippen LogP contribution is 2.35. The number of rotatable bonds is 7. The van der Waals surface area contributed by atoms with E-state index in [9.17, 15) is 9.59 Å². The summed E-state index contributed by atoms with van der Waals surface area (Å²) in [6.07, 6.45) is 1.47. The maximum atomic E-state index is 12.1. The number of carbonyl (C=O) groups excluding carboxylic acids is 2. The van der Waals surface area contributed by atoms with Gasteiger partial charge in [0.05, 0.1) is 11.1 Å². The third-order valence-electron chi connectivity index (χ3n) is 3.11. The summed E-state index contributed by atoms with van der Waals surface area (Å²) in [4.78, 5) is 23.6. The first kappa shape index (κ1) is 18.1. The van der Waals surface area contributed by atoms with Crippen LogP contribution in [0.5, 0.6) is 5.75 Å². The van der Waals surface area contributed by atoms with E-state index < -0.39 is 11.9 Å². The van der Waals surface area contributed by atoms with E-state index in [2.05, 4.69) is 22.5 Å². The normalized spacial score (nSPS) is 10.5. The van der Waals surface area contributed by atoms with E-state index >= 15 is 0 Å². The molecule has 0 saturated heterocycles. The Labute approximate surface area is 147 Å². The van der Waals surface area contributed by atoms with Crippen molar-refractivity contribution in [2.45, 2.75) is 13.8 Å². The zero-order valence-electron chi connectivity index (χ0n) is 13.4. The fourth-order valence-corrected chi connectivity index (χ4v) is 2.56. The van der Waals surface area contributed by atoms with E-state index in [1.165, 1.54) is 6.08 Å². The molecule has 0 aliphatic carbocycles. The fourth-order valence-electron chi connectivity index (χ4n) is 2.12. The summed E-state index contributed by atoms with van der Waals surface area (Å²) in [7, 11) is 0. The average molecular weight is 397 g/mol. The van der Waals surface area contributed by atoms with Crippen molar-refractivity contribution in [1.29, 1.82) is 0 Å². The van der Waals surface area contributed by atoms with Gasteiger partial charge in [-0.25, -0.2) is 9.59 Å². The molecular formula is C17H17BrO6. The van der Waals surface area contributed by atoms with Gasteiger partial charge in [-0.3, -0.25) is 0 Å². The average Bonchev–Trinajstić information content (AvgIpc) is 2.85. The first-order valence-corrected chi connectivity index (χ1v) is 8.06. The van der Waals surface area contributed by atoms with Gasteiger partial charge in [0, 0.05) is 5.39 Å². The molecule has 128 valence electrons. The Bertz CT molecular complexity index is 777. The molecule has 6 nitrogen and oxygen atoms in total. The molecule has 2 rings (SSSR count). The van der Waals surface area contributed by atoms with Crippen LogP contribution in [0, 0.1) is 6.92 Å². The molecular weight excluding hydrogens is 380 g/mol. The van der Waals surface area contributed by atoms with Gasteiger partial charge >= 0.3 is 11.9 Å². The molecule has 7 heteroatoms. The van der Waals surface area contributed by atoms with Gasteiger partial charge in [-0.2, -0.15) is 0 Å². The number of hydrogen-bond acceptors (Lipinski definition) is 6. The van der Waals surface area contributed by atoms with E-state index in [1.807, 2.05) is 0 Å². The molecule has 0 radical (unpaired) electrons. The third-order valence-corrected chi connectivity index (χ3v) is 3.73. The highest BCUT2D eigenvalue weighted by molar-refractivity contribution is 9.10. The Hall–Kier alpha value is -2.28. The molecule has 0 aliphatic rings. The second-order valence-corrected chi connectivity index (χ2v) is 5.65. The number of furan rings is 1. The number of aryl methyl sites for hydroxylation is 1. The Balaban J connectivity index is 2.29. The van der Waals surface area contributed by atoms with Gasteiger partial charge in [0.25, 0.3) is 0 Å². The Morgan fingerprint density at radius 1 is 1.33 bits per heavy atom. The second-order valence-electron chi connectivity index (χ2n) is 4.79. The molecule has 1 heterocycles. The minimum Gasteiger partial charge on any atom is -0.481 e. The van der Waals surface area contributed by atoms with Crippen molar-refractivity contribution in [2.24, 2.45) is 0 Å². The zero-order chi connectivity index (χ0) is 17.7. The highest BCUT2D eigenvalue weighted by atomic mass is 79.9. The van der Waals surface area contributed by atoms with Crippen LogP contribution in [0.25, 0.3) is 11.0 Å². The van der Waals surface area contributed by atoms with Crippen molar-refractivity contribution in [2.75, 3.05) is 19.8 Å². The zero-order valence-corrected chi connectivity index (χ0v) is 15.0. The lowest BCUT2D eigenvalue weighted by Crippen LogP contribution is -2.15. The van der Waals surface area contributed by atoms with Crippen LogP contribution >= 0.6 is 15.9 Å². The minimum atomic E-state index is -0.518. The summed E-state index contributed by atoms with van der Waals surface area (Å²) >= 11 is 3.35. The molecule has 0 N–H and O–H groups in total. The number of halogens is 1. The lowest BCUT2D eigenvalue weighted by atomic mass is 10.1. The quantitative estimate of drug-likeness (QED) is 0.523. The van der Waals surface area contributed by atoms with E-state index in [1.54, 1.807) is 26.0 Å². The van der Waals surface area contributed by atoms with Crippen molar-refractivity contribution < 1.29 is 28.2 Å². The van der Waals surface area contributed by atoms with Crippen LogP contribution in [0.4, 0.5) is 0 Å². The molecule has 1 aromatic heterocycles. The summed E-state index contributed by atoms with van der Waals surface area (Å²) in [5.74, 6) is -0.134. The van der Waals surface area contributed by atoms with Crippen LogP contribution in [-0.4, -0.2) is 31.8 Å². The molecule has 0 bridgehead atoms. The summed E-state index contributed by atoms with van der Waals surface area (Å²) in [6.45, 7) is 7.01. The van der Waals surface area contributed by atoms with Crippen molar-refractivity contribution in [3.63, 3.8) is 0 Å². The number of carbonyl (C=O) groups is 2. The van der Waals surface area contributed by atoms with Crippen molar-refractivity contribution in [1.82, 2.24) is 0 Å². The van der Waals surface area contributed by atoms with E-state index in [4.69, 9.17) is 18.6 Å². The van der Waals surface area contributed by atoms with Crippen LogP contribution in [0.1, 0.15) is 23.0 Å². The van der Waals surface area contributed by atoms with Crippen molar-refractivity contribution in [3.05, 3.63) is 40.6 Å². The van der Waals surface area contributed by atoms with E-state index in [0.29, 0.717) is 32.5 Å². The SMILES string of the molecule is C=CCOC(=O)COc1cc2c(C(=O)OCC)c(C)oc2cc1Br. The van der Waals surface area contributed by atoms with E-state index in [-0.39, 0.29) is 19.8 Å². The van der Waals surface area contributed by atoms with Crippen LogP contribution in [0.15, 0.2) is 33.7 Å². The predicted octanol–water partition coefficient (Wildman–Crippen LogP) is 3.79. The van der Waals surface area contributed by atoms with Crippen molar-refractivity contribution >= 4 is 38.8 Å². The van der Waals surface area contributed by atoms with Gasteiger partial charge in [-0.05, 0) is 41.9 Å². The van der Waals surface area contributed by atoms with Gasteiger partial charge < -0.3 is 18.6 Å². The number of esters is 2. The van der Waals surface area contributed by atoms with Gasteiger partial charge in [-0.15, -0.1) is 0 Å². The predicted molar refractivity (Wildman–Crippen MR) is 91.3 cm³/mol. The monoisotopic (exact) mass is 396 g/mol. The Morgan fingerprint density at radius 3 is 2.75 bits per heavy atom. The lowest BCUT2D eigenvalue weighted by Gasteiger charge is -2.08. The first-order chi connectivity index (χ1) is 11.5. The van der Waals surface area contributed by atoms with E-state index in [0.717, 1.165) is 0 Å². The standard InChI is InChI=1S/C17H17BrO6/c1-4-6-22-15(19)9-23-14-7-11-13(8-12(14)18)24-10(3)16(11)17(20)21-5-2/h4,7-8H,1,5-6,9H2,2-3H3. The van der Waals surface area contributed by atoms with Crippen LogP contribution in [-0.2, 0) is 14.3 Å². The Morgan fingerprint density at radius 2 is 2.08 bits per heavy atom. The molecule has 0 spiro atoms. The van der Waals surface area contributed by atoms with Gasteiger partial charge in [0.15, 0.2) is 6.61 Å². The van der Waals surface area contributed by atoms with Gasteiger partial charge in [-0.1, -0.05) is 12.7 Å². The lowest BCUT2D eigenvalue weighted by molar-refractivity contribution is -0.144. The number of hydrogen-bond donors (Lipinski definition) is 0. The van der Waals surface area contributed by atoms with Crippen molar-refractivity contribution in [3.8, 4) is 5.75 Å². The molecule has 0 fully saturated rings. The Kier molecular flexibility index (Phi) is 6.03. The fraction of sp³-hybridized carbons (Fsp3) is 0.294.